The first-order chi connectivity index (χ1) is 11.2. The summed E-state index contributed by atoms with van der Waals surface area (Å²) < 4.78 is 0. The molecule has 2 amide bonds. The van der Waals surface area contributed by atoms with Crippen molar-refractivity contribution in [3.63, 3.8) is 0 Å². The first-order valence-electron chi connectivity index (χ1n) is 8.58. The SMILES string of the molecule is Cl.NCC(NC(=O)C1CC(=O)Nc2ccccc21)C1CCCCC1. The fraction of sp³-hybridized carbons (Fsp3) is 0.556. The van der Waals surface area contributed by atoms with E-state index in [1.807, 2.05) is 24.3 Å². The summed E-state index contributed by atoms with van der Waals surface area (Å²) in [7, 11) is 0. The third-order valence-electron chi connectivity index (χ3n) is 5.12. The lowest BCUT2D eigenvalue weighted by Gasteiger charge is -2.32. The molecular weight excluding hydrogens is 326 g/mol. The van der Waals surface area contributed by atoms with Gasteiger partial charge in [-0.2, -0.15) is 0 Å². The number of amides is 2. The van der Waals surface area contributed by atoms with Crippen LogP contribution in [-0.2, 0) is 9.59 Å². The third-order valence-corrected chi connectivity index (χ3v) is 5.12. The zero-order chi connectivity index (χ0) is 16.2. The molecular formula is C18H26ClN3O2. The highest BCUT2D eigenvalue weighted by atomic mass is 35.5. The van der Waals surface area contributed by atoms with E-state index >= 15 is 0 Å². The number of carbonyl (C=O) groups is 2. The van der Waals surface area contributed by atoms with Gasteiger partial charge in [-0.05, 0) is 30.4 Å². The molecule has 132 valence electrons. The van der Waals surface area contributed by atoms with Gasteiger partial charge in [-0.1, -0.05) is 37.5 Å². The fourth-order valence-electron chi connectivity index (χ4n) is 3.83. The van der Waals surface area contributed by atoms with E-state index in [0.717, 1.165) is 24.1 Å². The van der Waals surface area contributed by atoms with Crippen molar-refractivity contribution >= 4 is 29.9 Å². The van der Waals surface area contributed by atoms with Gasteiger partial charge >= 0.3 is 0 Å². The molecule has 1 heterocycles. The molecule has 1 fully saturated rings. The molecule has 6 heteroatoms. The smallest absolute Gasteiger partial charge is 0.228 e. The summed E-state index contributed by atoms with van der Waals surface area (Å²) >= 11 is 0. The number of fused-ring (bicyclic) bond motifs is 1. The molecule has 4 N–H and O–H groups in total. The van der Waals surface area contributed by atoms with Crippen LogP contribution in [-0.4, -0.2) is 24.4 Å². The molecule has 1 aromatic rings. The molecule has 5 nitrogen and oxygen atoms in total. The average Bonchev–Trinajstić information content (AvgIpc) is 2.59. The Bertz CT molecular complexity index is 587. The Hall–Kier alpha value is -1.59. The van der Waals surface area contributed by atoms with Crippen LogP contribution in [0.3, 0.4) is 0 Å². The first kappa shape index (κ1) is 18.7. The molecule has 0 radical (unpaired) electrons. The van der Waals surface area contributed by atoms with Crippen molar-refractivity contribution in [2.75, 3.05) is 11.9 Å². The zero-order valence-electron chi connectivity index (χ0n) is 13.8. The summed E-state index contributed by atoms with van der Waals surface area (Å²) in [5, 5.41) is 5.96. The second kappa shape index (κ2) is 8.49. The van der Waals surface area contributed by atoms with Gasteiger partial charge in [0.1, 0.15) is 0 Å². The Labute approximate surface area is 149 Å². The number of nitrogens with one attached hydrogen (secondary N) is 2. The summed E-state index contributed by atoms with van der Waals surface area (Å²) in [5.41, 5.74) is 7.54. The molecule has 0 aromatic heterocycles. The number of halogens is 1. The van der Waals surface area contributed by atoms with Gasteiger partial charge in [0.05, 0.1) is 5.92 Å². The summed E-state index contributed by atoms with van der Waals surface area (Å²) in [6.45, 7) is 0.455. The molecule has 1 aliphatic carbocycles. The standard InChI is InChI=1S/C18H25N3O2.ClH/c19-11-16(12-6-2-1-3-7-12)21-18(23)14-10-17(22)20-15-9-5-4-8-13(14)15;/h4-5,8-9,12,14,16H,1-3,6-7,10-11,19H2,(H,20,22)(H,21,23);1H. The van der Waals surface area contributed by atoms with E-state index in [-0.39, 0.29) is 36.7 Å². The number of para-hydroxylation sites is 1. The number of hydrogen-bond acceptors (Lipinski definition) is 3. The van der Waals surface area contributed by atoms with Gasteiger partial charge in [-0.3, -0.25) is 9.59 Å². The van der Waals surface area contributed by atoms with E-state index in [1.165, 1.54) is 19.3 Å². The quantitative estimate of drug-likeness (QED) is 0.779. The van der Waals surface area contributed by atoms with E-state index in [4.69, 9.17) is 5.73 Å². The molecule has 3 rings (SSSR count). The van der Waals surface area contributed by atoms with Gasteiger partial charge < -0.3 is 16.4 Å². The Morgan fingerprint density at radius 2 is 1.96 bits per heavy atom. The lowest BCUT2D eigenvalue weighted by atomic mass is 9.83. The van der Waals surface area contributed by atoms with Crippen LogP contribution in [0.2, 0.25) is 0 Å². The summed E-state index contributed by atoms with van der Waals surface area (Å²) in [4.78, 5) is 24.7. The van der Waals surface area contributed by atoms with Crippen LogP contribution in [0.25, 0.3) is 0 Å². The molecule has 0 spiro atoms. The summed E-state index contributed by atoms with van der Waals surface area (Å²) in [6.07, 6.45) is 6.16. The first-order valence-corrected chi connectivity index (χ1v) is 8.58. The third kappa shape index (κ3) is 4.08. The maximum atomic E-state index is 12.8. The molecule has 1 saturated carbocycles. The fourth-order valence-corrected chi connectivity index (χ4v) is 3.83. The highest BCUT2D eigenvalue weighted by Gasteiger charge is 2.33. The molecule has 2 aliphatic rings. The van der Waals surface area contributed by atoms with Crippen LogP contribution < -0.4 is 16.4 Å². The van der Waals surface area contributed by atoms with Crippen molar-refractivity contribution in [3.05, 3.63) is 29.8 Å². The number of benzene rings is 1. The molecule has 2 unspecified atom stereocenters. The number of hydrogen-bond donors (Lipinski definition) is 3. The monoisotopic (exact) mass is 351 g/mol. The number of nitrogens with two attached hydrogens (primary N) is 1. The number of anilines is 1. The van der Waals surface area contributed by atoms with Crippen LogP contribution in [0.5, 0.6) is 0 Å². The molecule has 2 atom stereocenters. The van der Waals surface area contributed by atoms with Crippen molar-refractivity contribution in [1.82, 2.24) is 5.32 Å². The van der Waals surface area contributed by atoms with Crippen molar-refractivity contribution in [2.45, 2.75) is 50.5 Å². The Morgan fingerprint density at radius 1 is 1.25 bits per heavy atom. The highest BCUT2D eigenvalue weighted by Crippen LogP contribution is 2.33. The molecule has 24 heavy (non-hydrogen) atoms. The van der Waals surface area contributed by atoms with Gasteiger partial charge in [0.25, 0.3) is 0 Å². The normalized spacial score (nSPS) is 21.9. The Kier molecular flexibility index (Phi) is 6.63. The zero-order valence-corrected chi connectivity index (χ0v) is 14.6. The molecule has 0 bridgehead atoms. The molecule has 0 saturated heterocycles. The van der Waals surface area contributed by atoms with Crippen LogP contribution in [0.4, 0.5) is 5.69 Å². The van der Waals surface area contributed by atoms with Gasteiger partial charge in [0.15, 0.2) is 0 Å². The van der Waals surface area contributed by atoms with Gasteiger partial charge in [-0.15, -0.1) is 12.4 Å². The van der Waals surface area contributed by atoms with Crippen LogP contribution >= 0.6 is 12.4 Å². The second-order valence-corrected chi connectivity index (χ2v) is 6.64. The summed E-state index contributed by atoms with van der Waals surface area (Å²) in [6, 6.07) is 7.54. The van der Waals surface area contributed by atoms with Crippen molar-refractivity contribution in [2.24, 2.45) is 11.7 Å². The minimum absolute atomic E-state index is 0. The van der Waals surface area contributed by atoms with Gasteiger partial charge in [0, 0.05) is 24.7 Å². The van der Waals surface area contributed by atoms with Gasteiger partial charge in [0.2, 0.25) is 11.8 Å². The van der Waals surface area contributed by atoms with E-state index in [2.05, 4.69) is 10.6 Å². The maximum Gasteiger partial charge on any atom is 0.228 e. The van der Waals surface area contributed by atoms with Crippen LogP contribution in [0.15, 0.2) is 24.3 Å². The number of rotatable bonds is 4. The second-order valence-electron chi connectivity index (χ2n) is 6.64. The number of carbonyl (C=O) groups excluding carboxylic acids is 2. The van der Waals surface area contributed by atoms with Gasteiger partial charge in [-0.25, -0.2) is 0 Å². The van der Waals surface area contributed by atoms with Crippen molar-refractivity contribution in [1.29, 1.82) is 0 Å². The van der Waals surface area contributed by atoms with Crippen LogP contribution in [0, 0.1) is 5.92 Å². The largest absolute Gasteiger partial charge is 0.351 e. The van der Waals surface area contributed by atoms with Crippen molar-refractivity contribution in [3.8, 4) is 0 Å². The predicted octanol–water partition coefficient (Wildman–Crippen LogP) is 2.56. The maximum absolute atomic E-state index is 12.8. The lowest BCUT2D eigenvalue weighted by molar-refractivity contribution is -0.127. The van der Waals surface area contributed by atoms with E-state index in [1.54, 1.807) is 0 Å². The average molecular weight is 352 g/mol. The van der Waals surface area contributed by atoms with E-state index in [0.29, 0.717) is 12.5 Å². The highest BCUT2D eigenvalue weighted by molar-refractivity contribution is 6.01. The summed E-state index contributed by atoms with van der Waals surface area (Å²) in [5.74, 6) is -0.137. The van der Waals surface area contributed by atoms with E-state index in [9.17, 15) is 9.59 Å². The topological polar surface area (TPSA) is 84.2 Å². The molecule has 1 aliphatic heterocycles. The lowest BCUT2D eigenvalue weighted by Crippen LogP contribution is -2.48. The Morgan fingerprint density at radius 3 is 2.67 bits per heavy atom. The van der Waals surface area contributed by atoms with Crippen molar-refractivity contribution < 1.29 is 9.59 Å². The molecule has 1 aromatic carbocycles. The Balaban J connectivity index is 0.00000208. The predicted molar refractivity (Wildman–Crippen MR) is 97.2 cm³/mol. The van der Waals surface area contributed by atoms with Crippen LogP contribution in [0.1, 0.15) is 50.0 Å². The minimum Gasteiger partial charge on any atom is -0.351 e. The van der Waals surface area contributed by atoms with E-state index < -0.39 is 5.92 Å². The minimum atomic E-state index is -0.419.